The maximum Gasteiger partial charge on any atom is 0.245 e. The van der Waals surface area contributed by atoms with Crippen molar-refractivity contribution in [2.24, 2.45) is 0 Å². The number of nitrogens with zero attached hydrogens (tertiary/aromatic N) is 1. The van der Waals surface area contributed by atoms with Crippen LogP contribution in [0.5, 0.6) is 0 Å². The summed E-state index contributed by atoms with van der Waals surface area (Å²) in [5, 5.41) is 0.678. The number of benzene rings is 1. The molecule has 0 amide bonds. The molecule has 0 aliphatic heterocycles. The van der Waals surface area contributed by atoms with Crippen molar-refractivity contribution in [3.05, 3.63) is 24.4 Å². The summed E-state index contributed by atoms with van der Waals surface area (Å²) in [4.78, 5) is 3.29. The summed E-state index contributed by atoms with van der Waals surface area (Å²) in [6, 6.07) is 5.21. The molecular weight excluding hydrogens is 274 g/mol. The van der Waals surface area contributed by atoms with Gasteiger partial charge < -0.3 is 10.7 Å². The molecule has 1 aromatic carbocycles. The van der Waals surface area contributed by atoms with Crippen LogP contribution in [-0.2, 0) is 10.0 Å². The van der Waals surface area contributed by atoms with E-state index in [0.717, 1.165) is 18.4 Å². The smallest absolute Gasteiger partial charge is 0.245 e. The predicted octanol–water partition coefficient (Wildman–Crippen LogP) is 2.56. The first-order valence-corrected chi connectivity index (χ1v) is 8.20. The zero-order valence-corrected chi connectivity index (χ0v) is 12.9. The van der Waals surface area contributed by atoms with Crippen molar-refractivity contribution in [2.75, 3.05) is 12.8 Å². The van der Waals surface area contributed by atoms with Crippen LogP contribution in [0.2, 0.25) is 0 Å². The molecule has 2 aromatic rings. The van der Waals surface area contributed by atoms with Crippen molar-refractivity contribution in [3.63, 3.8) is 0 Å². The van der Waals surface area contributed by atoms with Crippen LogP contribution in [-0.4, -0.2) is 30.8 Å². The Morgan fingerprint density at radius 1 is 1.30 bits per heavy atom. The van der Waals surface area contributed by atoms with Crippen molar-refractivity contribution in [2.45, 2.75) is 37.6 Å². The molecule has 0 bridgehead atoms. The van der Waals surface area contributed by atoms with Gasteiger partial charge in [-0.2, -0.15) is 4.31 Å². The number of hydrogen-bond donors (Lipinski definition) is 2. The molecule has 2 rings (SSSR count). The van der Waals surface area contributed by atoms with Crippen LogP contribution in [0.15, 0.2) is 29.3 Å². The van der Waals surface area contributed by atoms with Gasteiger partial charge in [-0.1, -0.05) is 13.8 Å². The van der Waals surface area contributed by atoms with E-state index in [0.29, 0.717) is 16.0 Å². The molecule has 6 heteroatoms. The lowest BCUT2D eigenvalue weighted by atomic mass is 10.2. The molecule has 0 radical (unpaired) electrons. The van der Waals surface area contributed by atoms with Gasteiger partial charge in [0.25, 0.3) is 0 Å². The topological polar surface area (TPSA) is 79.2 Å². The molecule has 1 heterocycles. The van der Waals surface area contributed by atoms with Gasteiger partial charge in [0.1, 0.15) is 4.90 Å². The zero-order chi connectivity index (χ0) is 14.9. The number of hydrogen-bond acceptors (Lipinski definition) is 3. The van der Waals surface area contributed by atoms with E-state index >= 15 is 0 Å². The highest BCUT2D eigenvalue weighted by Crippen LogP contribution is 2.28. The van der Waals surface area contributed by atoms with E-state index in [4.69, 9.17) is 5.73 Å². The average molecular weight is 295 g/mol. The molecule has 0 unspecified atom stereocenters. The Balaban J connectivity index is 2.52. The van der Waals surface area contributed by atoms with Gasteiger partial charge in [0.15, 0.2) is 0 Å². The highest BCUT2D eigenvalue weighted by Gasteiger charge is 2.28. The van der Waals surface area contributed by atoms with Crippen LogP contribution in [0.25, 0.3) is 10.9 Å². The van der Waals surface area contributed by atoms with Gasteiger partial charge in [-0.05, 0) is 31.0 Å². The molecule has 0 saturated heterocycles. The summed E-state index contributed by atoms with van der Waals surface area (Å²) in [7, 11) is -1.86. The van der Waals surface area contributed by atoms with E-state index in [9.17, 15) is 8.42 Å². The van der Waals surface area contributed by atoms with Crippen LogP contribution in [0, 0.1) is 0 Å². The third-order valence-electron chi connectivity index (χ3n) is 3.78. The summed E-state index contributed by atoms with van der Waals surface area (Å²) in [6.45, 7) is 3.99. The van der Waals surface area contributed by atoms with E-state index in [1.807, 2.05) is 13.8 Å². The van der Waals surface area contributed by atoms with E-state index in [-0.39, 0.29) is 6.04 Å². The van der Waals surface area contributed by atoms with Crippen LogP contribution < -0.4 is 5.73 Å². The van der Waals surface area contributed by atoms with E-state index < -0.39 is 10.0 Å². The lowest BCUT2D eigenvalue weighted by Crippen LogP contribution is -2.36. The van der Waals surface area contributed by atoms with E-state index in [2.05, 4.69) is 4.98 Å². The third kappa shape index (κ3) is 2.41. The zero-order valence-electron chi connectivity index (χ0n) is 12.1. The monoisotopic (exact) mass is 295 g/mol. The second-order valence-corrected chi connectivity index (χ2v) is 6.92. The summed E-state index contributed by atoms with van der Waals surface area (Å²) in [6.07, 6.45) is 3.13. The molecule has 0 spiro atoms. The minimum absolute atomic E-state index is 0.0127. The first-order valence-electron chi connectivity index (χ1n) is 6.76. The number of rotatable bonds is 5. The summed E-state index contributed by atoms with van der Waals surface area (Å²) in [5.41, 5.74) is 7.06. The SMILES string of the molecule is CCC(CC)N(C)S(=O)(=O)c1c[nH]c2cc(N)ccc12. The highest BCUT2D eigenvalue weighted by molar-refractivity contribution is 7.89. The number of nitrogen functional groups attached to an aromatic ring is 1. The molecule has 20 heavy (non-hydrogen) atoms. The van der Waals surface area contributed by atoms with Gasteiger partial charge in [0, 0.05) is 35.9 Å². The Morgan fingerprint density at radius 2 is 1.95 bits per heavy atom. The van der Waals surface area contributed by atoms with Crippen molar-refractivity contribution >= 4 is 26.6 Å². The van der Waals surface area contributed by atoms with E-state index in [1.54, 1.807) is 31.4 Å². The van der Waals surface area contributed by atoms with Gasteiger partial charge >= 0.3 is 0 Å². The first kappa shape index (κ1) is 14.9. The maximum atomic E-state index is 12.7. The second kappa shape index (κ2) is 5.46. The van der Waals surface area contributed by atoms with Gasteiger partial charge in [-0.3, -0.25) is 0 Å². The van der Waals surface area contributed by atoms with Crippen LogP contribution in [0.3, 0.4) is 0 Å². The first-order chi connectivity index (χ1) is 9.41. The number of H-pyrrole nitrogens is 1. The predicted molar refractivity (Wildman–Crippen MR) is 82.0 cm³/mol. The Labute approximate surface area is 119 Å². The van der Waals surface area contributed by atoms with Gasteiger partial charge in [-0.25, -0.2) is 8.42 Å². The summed E-state index contributed by atoms with van der Waals surface area (Å²) >= 11 is 0. The van der Waals surface area contributed by atoms with Crippen LogP contribution in [0.4, 0.5) is 5.69 Å². The molecule has 0 aliphatic rings. The molecule has 0 fully saturated rings. The quantitative estimate of drug-likeness (QED) is 0.832. The average Bonchev–Trinajstić information content (AvgIpc) is 2.83. The van der Waals surface area contributed by atoms with Crippen LogP contribution in [0.1, 0.15) is 26.7 Å². The summed E-state index contributed by atoms with van der Waals surface area (Å²) in [5.74, 6) is 0. The number of aromatic nitrogens is 1. The number of anilines is 1. The molecular formula is C14H21N3O2S. The Morgan fingerprint density at radius 3 is 2.55 bits per heavy atom. The van der Waals surface area contributed by atoms with Crippen molar-refractivity contribution < 1.29 is 8.42 Å². The van der Waals surface area contributed by atoms with Crippen molar-refractivity contribution in [1.29, 1.82) is 0 Å². The number of fused-ring (bicyclic) bond motifs is 1. The Bertz CT molecular complexity index is 702. The third-order valence-corrected chi connectivity index (χ3v) is 5.73. The number of nitrogens with one attached hydrogen (secondary N) is 1. The minimum atomic E-state index is -3.50. The Hall–Kier alpha value is -1.53. The molecule has 0 atom stereocenters. The number of aromatic amines is 1. The highest BCUT2D eigenvalue weighted by atomic mass is 32.2. The Kier molecular flexibility index (Phi) is 4.06. The van der Waals surface area contributed by atoms with Gasteiger partial charge in [0.2, 0.25) is 10.0 Å². The van der Waals surface area contributed by atoms with Gasteiger partial charge in [0.05, 0.1) is 0 Å². The van der Waals surface area contributed by atoms with E-state index in [1.165, 1.54) is 4.31 Å². The van der Waals surface area contributed by atoms with Crippen molar-refractivity contribution in [1.82, 2.24) is 9.29 Å². The standard InChI is InChI=1S/C14H21N3O2S/c1-4-11(5-2)17(3)20(18,19)14-9-16-13-8-10(15)6-7-12(13)14/h6-9,11,16H,4-5,15H2,1-3H3. The molecule has 0 saturated carbocycles. The number of nitrogens with two attached hydrogens (primary N) is 1. The molecule has 110 valence electrons. The normalized spacial score (nSPS) is 12.7. The van der Waals surface area contributed by atoms with Gasteiger partial charge in [-0.15, -0.1) is 0 Å². The fraction of sp³-hybridized carbons (Fsp3) is 0.429. The minimum Gasteiger partial charge on any atom is -0.399 e. The lowest BCUT2D eigenvalue weighted by Gasteiger charge is -2.25. The maximum absolute atomic E-state index is 12.7. The fourth-order valence-electron chi connectivity index (χ4n) is 2.48. The lowest BCUT2D eigenvalue weighted by molar-refractivity contribution is 0.350. The largest absolute Gasteiger partial charge is 0.399 e. The fourth-order valence-corrected chi connectivity index (χ4v) is 4.15. The molecule has 0 aliphatic carbocycles. The number of sulfonamides is 1. The second-order valence-electron chi connectivity index (χ2n) is 4.95. The molecule has 1 aromatic heterocycles. The molecule has 3 N–H and O–H groups in total. The summed E-state index contributed by atoms with van der Waals surface area (Å²) < 4.78 is 26.9. The van der Waals surface area contributed by atoms with Crippen molar-refractivity contribution in [3.8, 4) is 0 Å². The van der Waals surface area contributed by atoms with Crippen LogP contribution >= 0.6 is 0 Å². The molecule has 5 nitrogen and oxygen atoms in total.